The zero-order valence-corrected chi connectivity index (χ0v) is 18.9. The van der Waals surface area contributed by atoms with Crippen LogP contribution in [0.3, 0.4) is 0 Å². The first-order valence-corrected chi connectivity index (χ1v) is 11.2. The molecule has 0 aliphatic carbocycles. The smallest absolute Gasteiger partial charge is 0.221 e. The second-order valence-corrected chi connectivity index (χ2v) is 7.78. The lowest BCUT2D eigenvalue weighted by atomic mass is 10.2. The molecule has 0 saturated carbocycles. The largest absolute Gasteiger partial charge is 0.494 e. The number of amides is 1. The van der Waals surface area contributed by atoms with Crippen LogP contribution in [0, 0.1) is 6.92 Å². The number of carbonyl (C=O) groups excluding carboxylic acids is 1. The van der Waals surface area contributed by atoms with E-state index in [9.17, 15) is 4.79 Å². The first-order valence-electron chi connectivity index (χ1n) is 11.2. The second kappa shape index (κ2) is 10.7. The Bertz CT molecular complexity index is 1200. The van der Waals surface area contributed by atoms with Crippen LogP contribution in [0.1, 0.15) is 37.6 Å². The zero-order chi connectivity index (χ0) is 23.0. The lowest BCUT2D eigenvalue weighted by molar-refractivity contribution is -0.121. The fourth-order valence-electron chi connectivity index (χ4n) is 3.28. The first kappa shape index (κ1) is 22.4. The van der Waals surface area contributed by atoms with E-state index in [1.54, 1.807) is 21.8 Å². The Morgan fingerprint density at radius 1 is 1.15 bits per heavy atom. The van der Waals surface area contributed by atoms with Gasteiger partial charge in [0.1, 0.15) is 17.3 Å². The predicted molar refractivity (Wildman–Crippen MR) is 123 cm³/mol. The van der Waals surface area contributed by atoms with Crippen molar-refractivity contribution in [3.63, 3.8) is 0 Å². The molecule has 10 nitrogen and oxygen atoms in total. The number of rotatable bonds is 11. The third-order valence-electron chi connectivity index (χ3n) is 5.17. The van der Waals surface area contributed by atoms with Crippen molar-refractivity contribution in [2.45, 2.75) is 46.1 Å². The summed E-state index contributed by atoms with van der Waals surface area (Å²) >= 11 is 0. The molecule has 0 fully saturated rings. The lowest BCUT2D eigenvalue weighted by Crippen LogP contribution is -2.25. The molecule has 1 amide bonds. The van der Waals surface area contributed by atoms with Crippen LogP contribution in [0.2, 0.25) is 0 Å². The molecule has 3 heterocycles. The summed E-state index contributed by atoms with van der Waals surface area (Å²) in [6.45, 7) is 5.79. The van der Waals surface area contributed by atoms with Gasteiger partial charge < -0.3 is 10.1 Å². The van der Waals surface area contributed by atoms with Gasteiger partial charge in [-0.15, -0.1) is 5.10 Å². The normalized spacial score (nSPS) is 11.1. The van der Waals surface area contributed by atoms with Gasteiger partial charge in [0.25, 0.3) is 0 Å². The monoisotopic (exact) mass is 448 g/mol. The molecule has 0 spiro atoms. The highest BCUT2D eigenvalue weighted by molar-refractivity contribution is 5.75. The molecule has 0 aliphatic rings. The van der Waals surface area contributed by atoms with E-state index < -0.39 is 0 Å². The molecule has 172 valence electrons. The van der Waals surface area contributed by atoms with Crippen LogP contribution < -0.4 is 10.1 Å². The lowest BCUT2D eigenvalue weighted by Gasteiger charge is -2.07. The summed E-state index contributed by atoms with van der Waals surface area (Å²) in [5.74, 6) is 1.61. The summed E-state index contributed by atoms with van der Waals surface area (Å²) in [7, 11) is 0. The molecule has 0 saturated heterocycles. The third-order valence-corrected chi connectivity index (χ3v) is 5.17. The van der Waals surface area contributed by atoms with E-state index in [1.807, 2.05) is 44.3 Å². The summed E-state index contributed by atoms with van der Waals surface area (Å²) in [5, 5.41) is 15.6. The van der Waals surface area contributed by atoms with Crippen LogP contribution in [0.5, 0.6) is 5.75 Å². The van der Waals surface area contributed by atoms with E-state index >= 15 is 0 Å². The van der Waals surface area contributed by atoms with E-state index in [-0.39, 0.29) is 5.91 Å². The van der Waals surface area contributed by atoms with Crippen molar-refractivity contribution >= 4 is 17.1 Å². The molecule has 3 aromatic heterocycles. The van der Waals surface area contributed by atoms with Crippen LogP contribution in [-0.4, -0.2) is 53.8 Å². The minimum Gasteiger partial charge on any atom is -0.494 e. The fraction of sp³-hybridized carbons (Fsp3) is 0.391. The van der Waals surface area contributed by atoms with E-state index in [0.29, 0.717) is 37.3 Å². The van der Waals surface area contributed by atoms with Gasteiger partial charge in [0, 0.05) is 25.9 Å². The molecule has 4 rings (SSSR count). The number of nitrogens with one attached hydrogen (secondary N) is 1. The van der Waals surface area contributed by atoms with E-state index in [4.69, 9.17) is 4.74 Å². The number of carbonyl (C=O) groups is 1. The van der Waals surface area contributed by atoms with Gasteiger partial charge in [-0.05, 0) is 31.9 Å². The van der Waals surface area contributed by atoms with Crippen molar-refractivity contribution in [2.24, 2.45) is 0 Å². The highest BCUT2D eigenvalue weighted by Crippen LogP contribution is 2.14. The highest BCUT2D eigenvalue weighted by Gasteiger charge is 2.12. The Kier molecular flexibility index (Phi) is 7.23. The van der Waals surface area contributed by atoms with Crippen molar-refractivity contribution in [2.75, 3.05) is 13.2 Å². The summed E-state index contributed by atoms with van der Waals surface area (Å²) in [6, 6.07) is 8.00. The third kappa shape index (κ3) is 5.91. The van der Waals surface area contributed by atoms with Crippen molar-refractivity contribution in [1.29, 1.82) is 0 Å². The molecule has 10 heteroatoms. The molecule has 33 heavy (non-hydrogen) atoms. The maximum absolute atomic E-state index is 12.2. The molecule has 4 aromatic rings. The number of hydrogen-bond acceptors (Lipinski definition) is 7. The van der Waals surface area contributed by atoms with Crippen molar-refractivity contribution in [3.8, 4) is 11.4 Å². The summed E-state index contributed by atoms with van der Waals surface area (Å²) < 4.78 is 9.06. The summed E-state index contributed by atoms with van der Waals surface area (Å²) in [6.07, 6.45) is 8.02. The van der Waals surface area contributed by atoms with E-state index in [1.165, 1.54) is 5.56 Å². The highest BCUT2D eigenvalue weighted by atomic mass is 16.5. The van der Waals surface area contributed by atoms with Gasteiger partial charge >= 0.3 is 0 Å². The van der Waals surface area contributed by atoms with Crippen LogP contribution in [0.4, 0.5) is 0 Å². The Hall–Kier alpha value is -3.82. The summed E-state index contributed by atoms with van der Waals surface area (Å²) in [4.78, 5) is 20.9. The number of nitrogens with zero attached hydrogens (tertiary/aromatic N) is 7. The molecule has 0 radical (unpaired) electrons. The maximum atomic E-state index is 12.2. The molecule has 1 aromatic carbocycles. The van der Waals surface area contributed by atoms with Crippen molar-refractivity contribution < 1.29 is 9.53 Å². The molecular weight excluding hydrogens is 420 g/mol. The number of benzene rings is 1. The number of aromatic nitrogens is 7. The Balaban J connectivity index is 1.18. The number of ether oxygens (including phenoxy) is 1. The molecule has 0 bridgehead atoms. The maximum Gasteiger partial charge on any atom is 0.221 e. The van der Waals surface area contributed by atoms with E-state index in [2.05, 4.69) is 30.7 Å². The fourth-order valence-corrected chi connectivity index (χ4v) is 3.28. The predicted octanol–water partition coefficient (Wildman–Crippen LogP) is 2.64. The molecule has 0 unspecified atom stereocenters. The SMILES string of the molecule is CCc1ncc2nnn(-c3cnn(CCC(=O)NCCCCOc4ccc(C)cc4)c3)c2n1. The van der Waals surface area contributed by atoms with E-state index in [0.717, 1.165) is 36.5 Å². The van der Waals surface area contributed by atoms with Crippen molar-refractivity contribution in [3.05, 3.63) is 54.2 Å². The molecule has 0 aliphatic heterocycles. The van der Waals surface area contributed by atoms with Crippen LogP contribution >= 0.6 is 0 Å². The number of aryl methyl sites for hydroxylation is 3. The van der Waals surface area contributed by atoms with Gasteiger partial charge in [-0.3, -0.25) is 9.48 Å². The number of fused-ring (bicyclic) bond motifs is 1. The standard InChI is InChI=1S/C23H28N8O2/c1-3-21-25-15-20-23(27-21)31(29-28-20)18-14-26-30(16-18)12-10-22(32)24-11-4-5-13-33-19-8-6-17(2)7-9-19/h6-9,14-16H,3-5,10-13H2,1-2H3,(H,24,32). The minimum atomic E-state index is -0.00182. The second-order valence-electron chi connectivity index (χ2n) is 7.78. The first-order chi connectivity index (χ1) is 16.1. The van der Waals surface area contributed by atoms with Gasteiger partial charge in [0.15, 0.2) is 11.2 Å². The van der Waals surface area contributed by atoms with Gasteiger partial charge in [0.2, 0.25) is 5.91 Å². The Labute approximate surface area is 192 Å². The Morgan fingerprint density at radius 3 is 2.82 bits per heavy atom. The molecule has 1 N–H and O–H groups in total. The van der Waals surface area contributed by atoms with Crippen LogP contribution in [0.25, 0.3) is 16.9 Å². The average Bonchev–Trinajstić information content (AvgIpc) is 3.47. The average molecular weight is 449 g/mol. The zero-order valence-electron chi connectivity index (χ0n) is 18.9. The number of hydrogen-bond donors (Lipinski definition) is 1. The minimum absolute atomic E-state index is 0.00182. The van der Waals surface area contributed by atoms with Gasteiger partial charge in [-0.1, -0.05) is 29.8 Å². The summed E-state index contributed by atoms with van der Waals surface area (Å²) in [5.41, 5.74) is 3.23. The van der Waals surface area contributed by atoms with Crippen LogP contribution in [0.15, 0.2) is 42.9 Å². The van der Waals surface area contributed by atoms with Crippen LogP contribution in [-0.2, 0) is 17.8 Å². The van der Waals surface area contributed by atoms with Gasteiger partial charge in [-0.25, -0.2) is 9.97 Å². The molecule has 0 atom stereocenters. The quantitative estimate of drug-likeness (QED) is 0.351. The van der Waals surface area contributed by atoms with Gasteiger partial charge in [-0.2, -0.15) is 9.78 Å². The van der Waals surface area contributed by atoms with Crippen molar-refractivity contribution in [1.82, 2.24) is 40.1 Å². The number of unbranched alkanes of at least 4 members (excludes halogenated alkanes) is 1. The molecular formula is C23H28N8O2. The topological polar surface area (TPSA) is 113 Å². The van der Waals surface area contributed by atoms with Gasteiger partial charge in [0.05, 0.1) is 25.2 Å². The Morgan fingerprint density at radius 2 is 2.00 bits per heavy atom.